The van der Waals surface area contributed by atoms with E-state index in [9.17, 15) is 4.79 Å². The van der Waals surface area contributed by atoms with Gasteiger partial charge in [-0.3, -0.25) is 0 Å². The first-order valence-corrected chi connectivity index (χ1v) is 9.88. The average Bonchev–Trinajstić information content (AvgIpc) is 3.03. The van der Waals surface area contributed by atoms with Crippen molar-refractivity contribution in [1.29, 1.82) is 0 Å². The number of aromatic nitrogens is 2. The lowest BCUT2D eigenvalue weighted by atomic mass is 9.94. The van der Waals surface area contributed by atoms with Crippen molar-refractivity contribution in [1.82, 2.24) is 9.97 Å². The number of benzene rings is 1. The minimum atomic E-state index is -0.896. The fourth-order valence-electron chi connectivity index (χ4n) is 3.40. The van der Waals surface area contributed by atoms with Crippen LogP contribution in [0, 0.1) is 0 Å². The highest BCUT2D eigenvalue weighted by Gasteiger charge is 2.16. The molecule has 2 N–H and O–H groups in total. The summed E-state index contributed by atoms with van der Waals surface area (Å²) in [6.45, 7) is 4.47. The van der Waals surface area contributed by atoms with Gasteiger partial charge in [0.05, 0.1) is 16.6 Å². The lowest BCUT2D eigenvalue weighted by molar-refractivity contribution is 0.0697. The summed E-state index contributed by atoms with van der Waals surface area (Å²) in [4.78, 5) is 19.3. The fourth-order valence-corrected chi connectivity index (χ4v) is 3.40. The summed E-state index contributed by atoms with van der Waals surface area (Å²) in [6, 6.07) is 5.13. The Kier molecular flexibility index (Phi) is 7.96. The zero-order valence-corrected chi connectivity index (χ0v) is 15.7. The van der Waals surface area contributed by atoms with E-state index in [1.165, 1.54) is 51.4 Å². The van der Waals surface area contributed by atoms with E-state index >= 15 is 0 Å². The molecule has 0 aliphatic carbocycles. The monoisotopic (exact) mass is 344 g/mol. The Morgan fingerprint density at radius 1 is 1.04 bits per heavy atom. The van der Waals surface area contributed by atoms with E-state index in [4.69, 9.17) is 10.1 Å². The molecule has 0 spiro atoms. The number of fused-ring (bicyclic) bond motifs is 1. The summed E-state index contributed by atoms with van der Waals surface area (Å²) in [5, 5.41) is 9.15. The molecule has 1 heterocycles. The van der Waals surface area contributed by atoms with Crippen LogP contribution in [0.4, 0.5) is 0 Å². The lowest BCUT2D eigenvalue weighted by Crippen LogP contribution is -2.02. The van der Waals surface area contributed by atoms with Crippen molar-refractivity contribution in [2.24, 2.45) is 0 Å². The van der Waals surface area contributed by atoms with Gasteiger partial charge in [-0.05, 0) is 31.0 Å². The Balaban J connectivity index is 2.03. The molecule has 0 amide bonds. The number of nitrogens with zero attached hydrogens (tertiary/aromatic N) is 1. The molecule has 2 aromatic rings. The van der Waals surface area contributed by atoms with E-state index in [1.54, 1.807) is 18.2 Å². The highest BCUT2D eigenvalue weighted by Crippen LogP contribution is 2.28. The number of carboxylic acids is 1. The summed E-state index contributed by atoms with van der Waals surface area (Å²) in [6.07, 6.45) is 12.6. The predicted octanol–water partition coefficient (Wildman–Crippen LogP) is 6.29. The van der Waals surface area contributed by atoms with Crippen LogP contribution in [0.3, 0.4) is 0 Å². The molecule has 1 aromatic carbocycles. The maximum absolute atomic E-state index is 11.1. The molecular formula is C21H32N2O2. The van der Waals surface area contributed by atoms with E-state index < -0.39 is 5.97 Å². The average molecular weight is 344 g/mol. The SMILES string of the molecule is CCCCCCCCC(CCCC)c1nc2ccc(C(=O)O)cc2[nH]1. The number of nitrogens with one attached hydrogen (secondary N) is 1. The molecule has 0 saturated heterocycles. The smallest absolute Gasteiger partial charge is 0.335 e. The van der Waals surface area contributed by atoms with Crippen LogP contribution in [0.5, 0.6) is 0 Å². The Morgan fingerprint density at radius 3 is 2.44 bits per heavy atom. The van der Waals surface area contributed by atoms with Crippen LogP contribution >= 0.6 is 0 Å². The molecule has 25 heavy (non-hydrogen) atoms. The predicted molar refractivity (Wildman–Crippen MR) is 103 cm³/mol. The van der Waals surface area contributed by atoms with Gasteiger partial charge in [0.2, 0.25) is 0 Å². The maximum atomic E-state index is 11.1. The number of aromatic carboxylic acids is 1. The molecule has 0 radical (unpaired) electrons. The molecule has 4 heteroatoms. The second-order valence-electron chi connectivity index (χ2n) is 7.05. The molecule has 0 saturated carbocycles. The van der Waals surface area contributed by atoms with Gasteiger partial charge in [-0.2, -0.15) is 0 Å². The van der Waals surface area contributed by atoms with Crippen molar-refractivity contribution in [2.75, 3.05) is 0 Å². The maximum Gasteiger partial charge on any atom is 0.335 e. The topological polar surface area (TPSA) is 66.0 Å². The number of unbranched alkanes of at least 4 members (excludes halogenated alkanes) is 6. The molecule has 0 aliphatic heterocycles. The Hall–Kier alpha value is -1.84. The molecular weight excluding hydrogens is 312 g/mol. The summed E-state index contributed by atoms with van der Waals surface area (Å²) in [7, 11) is 0. The highest BCUT2D eigenvalue weighted by atomic mass is 16.4. The number of hydrogen-bond donors (Lipinski definition) is 2. The van der Waals surface area contributed by atoms with Gasteiger partial charge in [0.1, 0.15) is 5.82 Å². The third kappa shape index (κ3) is 5.87. The molecule has 1 unspecified atom stereocenters. The van der Waals surface area contributed by atoms with Crippen molar-refractivity contribution in [3.8, 4) is 0 Å². The highest BCUT2D eigenvalue weighted by molar-refractivity contribution is 5.92. The number of carboxylic acid groups (broad SMARTS) is 1. The molecule has 4 nitrogen and oxygen atoms in total. The standard InChI is InChI=1S/C21H32N2O2/c1-3-5-7-8-9-10-12-16(11-6-4-2)20-22-18-14-13-17(21(24)25)15-19(18)23-20/h13-16H,3-12H2,1-2H3,(H,22,23)(H,24,25). The van der Waals surface area contributed by atoms with Gasteiger partial charge < -0.3 is 10.1 Å². The molecule has 0 aliphatic rings. The second-order valence-corrected chi connectivity index (χ2v) is 7.05. The van der Waals surface area contributed by atoms with Crippen molar-refractivity contribution >= 4 is 17.0 Å². The minimum Gasteiger partial charge on any atom is -0.478 e. The van der Waals surface area contributed by atoms with Crippen LogP contribution in [0.15, 0.2) is 18.2 Å². The molecule has 138 valence electrons. The third-order valence-electron chi connectivity index (χ3n) is 4.95. The van der Waals surface area contributed by atoms with Crippen molar-refractivity contribution < 1.29 is 9.90 Å². The fraction of sp³-hybridized carbons (Fsp3) is 0.619. The van der Waals surface area contributed by atoms with Gasteiger partial charge in [0, 0.05) is 5.92 Å². The molecule has 0 bridgehead atoms. The number of hydrogen-bond acceptors (Lipinski definition) is 2. The van der Waals surface area contributed by atoms with Gasteiger partial charge >= 0.3 is 5.97 Å². The normalized spacial score (nSPS) is 12.6. The summed E-state index contributed by atoms with van der Waals surface area (Å²) in [5.41, 5.74) is 2.01. The van der Waals surface area contributed by atoms with E-state index in [-0.39, 0.29) is 0 Å². The molecule has 0 fully saturated rings. The van der Waals surface area contributed by atoms with E-state index in [0.29, 0.717) is 11.5 Å². The Morgan fingerprint density at radius 2 is 1.72 bits per heavy atom. The zero-order valence-electron chi connectivity index (χ0n) is 15.7. The van der Waals surface area contributed by atoms with Crippen LogP contribution in [-0.4, -0.2) is 21.0 Å². The second kappa shape index (κ2) is 10.2. The number of H-pyrrole nitrogens is 1. The Labute approximate surface area is 151 Å². The van der Waals surface area contributed by atoms with Crippen LogP contribution in [0.1, 0.15) is 100 Å². The lowest BCUT2D eigenvalue weighted by Gasteiger charge is -2.14. The van der Waals surface area contributed by atoms with Gasteiger partial charge in [-0.25, -0.2) is 9.78 Å². The van der Waals surface area contributed by atoms with E-state index in [1.807, 2.05) is 0 Å². The summed E-state index contributed by atoms with van der Waals surface area (Å²) < 4.78 is 0. The molecule has 1 aromatic heterocycles. The number of aromatic amines is 1. The summed E-state index contributed by atoms with van der Waals surface area (Å²) >= 11 is 0. The van der Waals surface area contributed by atoms with E-state index in [0.717, 1.165) is 29.7 Å². The summed E-state index contributed by atoms with van der Waals surface area (Å²) in [5.74, 6) is 0.582. The van der Waals surface area contributed by atoms with Gasteiger partial charge in [0.25, 0.3) is 0 Å². The first kappa shape index (κ1) is 19.5. The number of rotatable bonds is 12. The van der Waals surface area contributed by atoms with Crippen LogP contribution in [-0.2, 0) is 0 Å². The molecule has 2 rings (SSSR count). The third-order valence-corrected chi connectivity index (χ3v) is 4.95. The van der Waals surface area contributed by atoms with Crippen molar-refractivity contribution in [3.05, 3.63) is 29.6 Å². The Bertz CT molecular complexity index is 663. The van der Waals surface area contributed by atoms with Crippen molar-refractivity contribution in [3.63, 3.8) is 0 Å². The first-order valence-electron chi connectivity index (χ1n) is 9.88. The van der Waals surface area contributed by atoms with Crippen LogP contribution < -0.4 is 0 Å². The van der Waals surface area contributed by atoms with Gasteiger partial charge in [-0.15, -0.1) is 0 Å². The zero-order chi connectivity index (χ0) is 18.1. The van der Waals surface area contributed by atoms with E-state index in [2.05, 4.69) is 18.8 Å². The first-order chi connectivity index (χ1) is 12.2. The van der Waals surface area contributed by atoms with Crippen LogP contribution in [0.2, 0.25) is 0 Å². The van der Waals surface area contributed by atoms with Gasteiger partial charge in [-0.1, -0.05) is 65.2 Å². The number of carbonyl (C=O) groups is 1. The van der Waals surface area contributed by atoms with Gasteiger partial charge in [0.15, 0.2) is 0 Å². The number of imidazole rings is 1. The minimum absolute atomic E-state index is 0.309. The molecule has 1 atom stereocenters. The van der Waals surface area contributed by atoms with Crippen LogP contribution in [0.25, 0.3) is 11.0 Å². The van der Waals surface area contributed by atoms with Crippen molar-refractivity contribution in [2.45, 2.75) is 84.0 Å². The quantitative estimate of drug-likeness (QED) is 0.445. The largest absolute Gasteiger partial charge is 0.478 e.